The fourth-order valence-electron chi connectivity index (χ4n) is 1.86. The Hall–Kier alpha value is -1.19. The Morgan fingerprint density at radius 2 is 2.15 bits per heavy atom. The Balaban J connectivity index is 2.91. The van der Waals surface area contributed by atoms with E-state index >= 15 is 0 Å². The van der Waals surface area contributed by atoms with Gasteiger partial charge in [-0.2, -0.15) is 0 Å². The molecule has 0 aromatic heterocycles. The molecule has 0 bridgehead atoms. The van der Waals surface area contributed by atoms with Gasteiger partial charge in [-0.3, -0.25) is 0 Å². The summed E-state index contributed by atoms with van der Waals surface area (Å²) in [6.07, 6.45) is 3.49. The van der Waals surface area contributed by atoms with Crippen molar-refractivity contribution in [2.24, 2.45) is 10.5 Å². The molecule has 0 aromatic rings. The monoisotopic (exact) mass is 182 g/mol. The largest absolute Gasteiger partial charge is 0.233 e. The maximum absolute atomic E-state index is 10.2. The van der Waals surface area contributed by atoms with Crippen LogP contribution in [0.5, 0.6) is 0 Å². The molecule has 0 spiro atoms. The van der Waals surface area contributed by atoms with E-state index in [1.54, 1.807) is 0 Å². The van der Waals surface area contributed by atoms with E-state index in [9.17, 15) is 10.1 Å². The van der Waals surface area contributed by atoms with Crippen molar-refractivity contribution in [2.45, 2.75) is 33.6 Å². The van der Waals surface area contributed by atoms with Crippen LogP contribution in [0.2, 0.25) is 0 Å². The highest BCUT2D eigenvalue weighted by atomic mass is 16.7. The summed E-state index contributed by atoms with van der Waals surface area (Å²) < 4.78 is 0. The zero-order chi connectivity index (χ0) is 10.1. The summed E-state index contributed by atoms with van der Waals surface area (Å²) in [7, 11) is 0. The average molecular weight is 182 g/mol. The fraction of sp³-hybridized carbons (Fsp3) is 0.667. The van der Waals surface area contributed by atoms with Gasteiger partial charge in [0, 0.05) is 6.42 Å². The highest BCUT2D eigenvalue weighted by Crippen LogP contribution is 2.33. The first-order valence-corrected chi connectivity index (χ1v) is 4.28. The minimum absolute atomic E-state index is 0.105. The zero-order valence-corrected chi connectivity index (χ0v) is 8.20. The van der Waals surface area contributed by atoms with E-state index in [1.807, 2.05) is 13.0 Å². The molecule has 0 saturated carbocycles. The second kappa shape index (κ2) is 3.28. The number of hydrogen-bond acceptors (Lipinski definition) is 2. The molecule has 0 aromatic carbocycles. The first kappa shape index (κ1) is 9.89. The second-order valence-electron chi connectivity index (χ2n) is 4.34. The molecule has 0 saturated heterocycles. The SMILES string of the molecule is CC1=CC(=N[N+](=O)[O-])CC(C)(C)C1. The van der Waals surface area contributed by atoms with Gasteiger partial charge in [-0.05, 0) is 24.8 Å². The topological polar surface area (TPSA) is 55.5 Å². The number of nitrogens with zero attached hydrogens (tertiary/aromatic N) is 2. The molecule has 0 unspecified atom stereocenters. The second-order valence-corrected chi connectivity index (χ2v) is 4.34. The summed E-state index contributed by atoms with van der Waals surface area (Å²) in [5.41, 5.74) is 1.85. The van der Waals surface area contributed by atoms with Crippen molar-refractivity contribution in [2.75, 3.05) is 0 Å². The Bertz CT molecular complexity index is 290. The molecule has 4 heteroatoms. The number of hydrogen-bond donors (Lipinski definition) is 0. The molecule has 0 radical (unpaired) electrons. The molecule has 13 heavy (non-hydrogen) atoms. The lowest BCUT2D eigenvalue weighted by atomic mass is 9.77. The molecule has 0 heterocycles. The highest BCUT2D eigenvalue weighted by Gasteiger charge is 2.26. The smallest absolute Gasteiger partial charge is 0.191 e. The third-order valence-electron chi connectivity index (χ3n) is 2.04. The van der Waals surface area contributed by atoms with Crippen LogP contribution in [0, 0.1) is 15.5 Å². The van der Waals surface area contributed by atoms with Crippen LogP contribution < -0.4 is 0 Å². The maximum Gasteiger partial charge on any atom is 0.191 e. The van der Waals surface area contributed by atoms with E-state index in [-0.39, 0.29) is 5.41 Å². The number of hydrazone groups is 1. The average Bonchev–Trinajstić information content (AvgIpc) is 1.78. The van der Waals surface area contributed by atoms with Gasteiger partial charge in [-0.15, -0.1) is 0 Å². The molecule has 4 nitrogen and oxygen atoms in total. The lowest BCUT2D eigenvalue weighted by Crippen LogP contribution is -2.21. The van der Waals surface area contributed by atoms with Gasteiger partial charge in [-0.1, -0.05) is 19.4 Å². The molecule has 72 valence electrons. The minimum atomic E-state index is -0.624. The molecule has 0 aliphatic heterocycles. The van der Waals surface area contributed by atoms with Gasteiger partial charge < -0.3 is 0 Å². The van der Waals surface area contributed by atoms with Crippen LogP contribution in [0.15, 0.2) is 16.8 Å². The van der Waals surface area contributed by atoms with E-state index in [1.165, 1.54) is 0 Å². The summed E-state index contributed by atoms with van der Waals surface area (Å²) in [6.45, 7) is 6.17. The van der Waals surface area contributed by atoms with Crippen LogP contribution in [-0.4, -0.2) is 10.7 Å². The molecular weight excluding hydrogens is 168 g/mol. The Morgan fingerprint density at radius 1 is 1.54 bits per heavy atom. The van der Waals surface area contributed by atoms with Crippen molar-refractivity contribution < 1.29 is 5.03 Å². The third kappa shape index (κ3) is 2.97. The molecule has 0 atom stereocenters. The predicted octanol–water partition coefficient (Wildman–Crippen LogP) is 2.39. The van der Waals surface area contributed by atoms with Crippen molar-refractivity contribution >= 4 is 5.71 Å². The first-order chi connectivity index (χ1) is 5.89. The minimum Gasteiger partial charge on any atom is -0.233 e. The zero-order valence-electron chi connectivity index (χ0n) is 8.20. The summed E-state index contributed by atoms with van der Waals surface area (Å²) in [5, 5.41) is 12.9. The Labute approximate surface area is 77.5 Å². The van der Waals surface area contributed by atoms with E-state index in [2.05, 4.69) is 18.9 Å². The number of nitro groups is 1. The third-order valence-corrected chi connectivity index (χ3v) is 2.04. The van der Waals surface area contributed by atoms with Crippen molar-refractivity contribution in [3.8, 4) is 0 Å². The summed E-state index contributed by atoms with van der Waals surface area (Å²) >= 11 is 0. The molecular formula is C9H14N2O2. The number of rotatable bonds is 1. The lowest BCUT2D eigenvalue weighted by Gasteiger charge is -2.28. The molecule has 1 rings (SSSR count). The van der Waals surface area contributed by atoms with Crippen molar-refractivity contribution in [3.05, 3.63) is 21.8 Å². The normalized spacial score (nSPS) is 24.2. The predicted molar refractivity (Wildman–Crippen MR) is 51.2 cm³/mol. The molecule has 0 fully saturated rings. The van der Waals surface area contributed by atoms with Crippen LogP contribution >= 0.6 is 0 Å². The van der Waals surface area contributed by atoms with E-state index < -0.39 is 5.03 Å². The van der Waals surface area contributed by atoms with Gasteiger partial charge in [0.15, 0.2) is 5.03 Å². The van der Waals surface area contributed by atoms with Crippen molar-refractivity contribution in [3.63, 3.8) is 0 Å². The van der Waals surface area contributed by atoms with Crippen LogP contribution in [-0.2, 0) is 0 Å². The van der Waals surface area contributed by atoms with Gasteiger partial charge in [0.1, 0.15) is 5.71 Å². The van der Waals surface area contributed by atoms with Gasteiger partial charge in [0.05, 0.1) is 5.10 Å². The first-order valence-electron chi connectivity index (χ1n) is 4.28. The van der Waals surface area contributed by atoms with Crippen LogP contribution in [0.25, 0.3) is 0 Å². The Morgan fingerprint density at radius 3 is 2.62 bits per heavy atom. The summed E-state index contributed by atoms with van der Waals surface area (Å²) in [6, 6.07) is 0. The molecule has 1 aliphatic carbocycles. The van der Waals surface area contributed by atoms with E-state index in [0.29, 0.717) is 12.1 Å². The van der Waals surface area contributed by atoms with E-state index in [0.717, 1.165) is 12.0 Å². The molecule has 0 amide bonds. The van der Waals surface area contributed by atoms with Crippen LogP contribution in [0.1, 0.15) is 33.6 Å². The fourth-order valence-corrected chi connectivity index (χ4v) is 1.86. The standard InChI is InChI=1S/C9H14N2O2/c1-7-4-8(10-11(12)13)6-9(2,3)5-7/h4H,5-6H2,1-3H3. The highest BCUT2D eigenvalue weighted by molar-refractivity contribution is 5.96. The summed E-state index contributed by atoms with van der Waals surface area (Å²) in [4.78, 5) is 10.2. The van der Waals surface area contributed by atoms with Gasteiger partial charge in [-0.25, -0.2) is 10.1 Å². The van der Waals surface area contributed by atoms with Crippen molar-refractivity contribution in [1.82, 2.24) is 0 Å². The number of allylic oxidation sites excluding steroid dienone is 2. The van der Waals surface area contributed by atoms with Gasteiger partial charge in [0.25, 0.3) is 0 Å². The van der Waals surface area contributed by atoms with Crippen LogP contribution in [0.4, 0.5) is 0 Å². The maximum atomic E-state index is 10.2. The molecule has 0 N–H and O–H groups in total. The quantitative estimate of drug-likeness (QED) is 0.461. The summed E-state index contributed by atoms with van der Waals surface area (Å²) in [5.74, 6) is 0. The van der Waals surface area contributed by atoms with Gasteiger partial charge >= 0.3 is 0 Å². The van der Waals surface area contributed by atoms with Gasteiger partial charge in [0.2, 0.25) is 0 Å². The lowest BCUT2D eigenvalue weighted by molar-refractivity contribution is -0.485. The Kier molecular flexibility index (Phi) is 2.50. The van der Waals surface area contributed by atoms with Crippen molar-refractivity contribution in [1.29, 1.82) is 0 Å². The van der Waals surface area contributed by atoms with Crippen LogP contribution in [0.3, 0.4) is 0 Å². The van der Waals surface area contributed by atoms with E-state index in [4.69, 9.17) is 0 Å². The molecule has 1 aliphatic rings.